The molecule has 1 saturated heterocycles. The van der Waals surface area contributed by atoms with Gasteiger partial charge in [-0.25, -0.2) is 0 Å². The van der Waals surface area contributed by atoms with E-state index in [1.54, 1.807) is 0 Å². The quantitative estimate of drug-likeness (QED) is 0.837. The molecule has 2 N–H and O–H groups in total. The van der Waals surface area contributed by atoms with Crippen molar-refractivity contribution in [3.05, 3.63) is 0 Å². The van der Waals surface area contributed by atoms with E-state index in [0.717, 1.165) is 64.2 Å². The lowest BCUT2D eigenvalue weighted by Crippen LogP contribution is -2.49. The van der Waals surface area contributed by atoms with E-state index in [1.165, 1.54) is 19.3 Å². The molecular formula is C17H31NO3. The molecule has 3 rings (SSSR count). The third-order valence-electron chi connectivity index (χ3n) is 5.89. The van der Waals surface area contributed by atoms with Gasteiger partial charge in [-0.2, -0.15) is 0 Å². The highest BCUT2D eigenvalue weighted by Crippen LogP contribution is 2.37. The van der Waals surface area contributed by atoms with Gasteiger partial charge in [0.05, 0.1) is 18.8 Å². The molecule has 1 heterocycles. The van der Waals surface area contributed by atoms with Gasteiger partial charge in [-0.15, -0.1) is 0 Å². The van der Waals surface area contributed by atoms with Gasteiger partial charge in [0.1, 0.15) is 0 Å². The first-order chi connectivity index (χ1) is 10.1. The van der Waals surface area contributed by atoms with Crippen LogP contribution in [0.4, 0.5) is 0 Å². The van der Waals surface area contributed by atoms with Crippen LogP contribution in [-0.4, -0.2) is 42.3 Å². The number of ether oxygens (including phenoxy) is 2. The maximum atomic E-state index is 10.7. The Hall–Kier alpha value is -0.160. The highest BCUT2D eigenvalue weighted by Gasteiger charge is 2.41. The lowest BCUT2D eigenvalue weighted by Gasteiger charge is -2.39. The van der Waals surface area contributed by atoms with Crippen LogP contribution < -0.4 is 5.32 Å². The van der Waals surface area contributed by atoms with Gasteiger partial charge in [0.25, 0.3) is 0 Å². The molecule has 0 aromatic rings. The van der Waals surface area contributed by atoms with Gasteiger partial charge in [0, 0.05) is 25.4 Å². The standard InChI is InChI=1S/C17H31NO3/c1-2-14-3-7-16(19,8-4-14)13-18-15-5-9-17(10-6-15)20-11-12-21-17/h14-15,18-19H,2-13H2,1H3. The summed E-state index contributed by atoms with van der Waals surface area (Å²) in [5.41, 5.74) is -0.471. The van der Waals surface area contributed by atoms with Crippen molar-refractivity contribution in [1.29, 1.82) is 0 Å². The third kappa shape index (κ3) is 3.79. The van der Waals surface area contributed by atoms with Gasteiger partial charge in [-0.05, 0) is 44.4 Å². The smallest absolute Gasteiger partial charge is 0.168 e. The fourth-order valence-corrected chi connectivity index (χ4v) is 4.18. The van der Waals surface area contributed by atoms with E-state index >= 15 is 0 Å². The van der Waals surface area contributed by atoms with Gasteiger partial charge in [0.2, 0.25) is 0 Å². The van der Waals surface area contributed by atoms with Crippen LogP contribution in [0.3, 0.4) is 0 Å². The van der Waals surface area contributed by atoms with Gasteiger partial charge >= 0.3 is 0 Å². The van der Waals surface area contributed by atoms with E-state index in [4.69, 9.17) is 9.47 Å². The van der Waals surface area contributed by atoms with Crippen LogP contribution >= 0.6 is 0 Å². The van der Waals surface area contributed by atoms with Crippen molar-refractivity contribution in [2.24, 2.45) is 5.92 Å². The average molecular weight is 297 g/mol. The summed E-state index contributed by atoms with van der Waals surface area (Å²) in [5.74, 6) is 0.560. The Morgan fingerprint density at radius 3 is 2.19 bits per heavy atom. The molecular weight excluding hydrogens is 266 g/mol. The predicted molar refractivity (Wildman–Crippen MR) is 82.1 cm³/mol. The Morgan fingerprint density at radius 2 is 1.62 bits per heavy atom. The summed E-state index contributed by atoms with van der Waals surface area (Å²) in [6.45, 7) is 4.51. The van der Waals surface area contributed by atoms with Gasteiger partial charge < -0.3 is 19.9 Å². The lowest BCUT2D eigenvalue weighted by molar-refractivity contribution is -0.179. The molecule has 0 unspecified atom stereocenters. The zero-order valence-corrected chi connectivity index (χ0v) is 13.4. The predicted octanol–water partition coefficient (Wildman–Crippen LogP) is 2.59. The molecule has 21 heavy (non-hydrogen) atoms. The van der Waals surface area contributed by atoms with Crippen molar-refractivity contribution in [2.75, 3.05) is 19.8 Å². The van der Waals surface area contributed by atoms with E-state index in [1.807, 2.05) is 0 Å². The minimum absolute atomic E-state index is 0.270. The summed E-state index contributed by atoms with van der Waals surface area (Å²) >= 11 is 0. The van der Waals surface area contributed by atoms with E-state index < -0.39 is 5.60 Å². The number of nitrogens with one attached hydrogen (secondary N) is 1. The Balaban J connectivity index is 1.40. The largest absolute Gasteiger partial charge is 0.389 e. The second kappa shape index (κ2) is 6.53. The molecule has 1 aliphatic heterocycles. The van der Waals surface area contributed by atoms with Crippen molar-refractivity contribution >= 4 is 0 Å². The maximum absolute atomic E-state index is 10.7. The molecule has 122 valence electrons. The molecule has 2 aliphatic carbocycles. The summed E-state index contributed by atoms with van der Waals surface area (Å²) in [6.07, 6.45) is 9.70. The van der Waals surface area contributed by atoms with Crippen LogP contribution in [0.25, 0.3) is 0 Å². The molecule has 0 amide bonds. The van der Waals surface area contributed by atoms with Gasteiger partial charge in [0.15, 0.2) is 5.79 Å². The molecule has 0 aromatic carbocycles. The Morgan fingerprint density at radius 1 is 1.00 bits per heavy atom. The number of aliphatic hydroxyl groups is 1. The van der Waals surface area contributed by atoms with Crippen molar-refractivity contribution in [3.8, 4) is 0 Å². The zero-order chi connectivity index (χ0) is 14.8. The summed E-state index contributed by atoms with van der Waals surface area (Å²) in [5, 5.41) is 14.3. The Kier molecular flexibility index (Phi) is 4.89. The van der Waals surface area contributed by atoms with Crippen LogP contribution in [0.15, 0.2) is 0 Å². The minimum atomic E-state index is -0.471. The van der Waals surface area contributed by atoms with Crippen molar-refractivity contribution in [1.82, 2.24) is 5.32 Å². The molecule has 2 saturated carbocycles. The van der Waals surface area contributed by atoms with E-state index in [-0.39, 0.29) is 5.79 Å². The third-order valence-corrected chi connectivity index (χ3v) is 5.89. The molecule has 4 heteroatoms. The van der Waals surface area contributed by atoms with Crippen molar-refractivity contribution < 1.29 is 14.6 Å². The van der Waals surface area contributed by atoms with Crippen LogP contribution in [0.2, 0.25) is 0 Å². The first-order valence-electron chi connectivity index (χ1n) is 8.87. The van der Waals surface area contributed by atoms with Crippen LogP contribution in [0.5, 0.6) is 0 Å². The summed E-state index contributed by atoms with van der Waals surface area (Å²) in [7, 11) is 0. The van der Waals surface area contributed by atoms with E-state index in [2.05, 4.69) is 12.2 Å². The summed E-state index contributed by atoms with van der Waals surface area (Å²) < 4.78 is 11.5. The monoisotopic (exact) mass is 297 g/mol. The molecule has 3 fully saturated rings. The second-order valence-corrected chi connectivity index (χ2v) is 7.34. The van der Waals surface area contributed by atoms with Crippen molar-refractivity contribution in [2.45, 2.75) is 82.1 Å². The topological polar surface area (TPSA) is 50.7 Å². The lowest BCUT2D eigenvalue weighted by atomic mass is 9.77. The van der Waals surface area contributed by atoms with E-state index in [0.29, 0.717) is 6.04 Å². The molecule has 4 nitrogen and oxygen atoms in total. The molecule has 0 atom stereocenters. The van der Waals surface area contributed by atoms with Gasteiger partial charge in [-0.3, -0.25) is 0 Å². The fraction of sp³-hybridized carbons (Fsp3) is 1.00. The Labute approximate surface area is 128 Å². The summed E-state index contributed by atoms with van der Waals surface area (Å²) in [6, 6.07) is 0.511. The molecule has 3 aliphatic rings. The Bertz CT molecular complexity index is 323. The average Bonchev–Trinajstić information content (AvgIpc) is 2.96. The van der Waals surface area contributed by atoms with E-state index in [9.17, 15) is 5.11 Å². The number of hydrogen-bond donors (Lipinski definition) is 2. The molecule has 0 radical (unpaired) electrons. The van der Waals surface area contributed by atoms with Crippen LogP contribution in [0, 0.1) is 5.92 Å². The maximum Gasteiger partial charge on any atom is 0.168 e. The highest BCUT2D eigenvalue weighted by molar-refractivity contribution is 4.90. The highest BCUT2D eigenvalue weighted by atomic mass is 16.7. The van der Waals surface area contributed by atoms with Crippen LogP contribution in [0.1, 0.15) is 64.7 Å². The fourth-order valence-electron chi connectivity index (χ4n) is 4.18. The minimum Gasteiger partial charge on any atom is -0.389 e. The van der Waals surface area contributed by atoms with Crippen LogP contribution in [-0.2, 0) is 9.47 Å². The molecule has 0 aromatic heterocycles. The molecule has 0 bridgehead atoms. The first-order valence-corrected chi connectivity index (χ1v) is 8.87. The second-order valence-electron chi connectivity index (χ2n) is 7.34. The first kappa shape index (κ1) is 15.7. The number of hydrogen-bond acceptors (Lipinski definition) is 4. The molecule has 1 spiro atoms. The van der Waals surface area contributed by atoms with Gasteiger partial charge in [-0.1, -0.05) is 13.3 Å². The normalized spacial score (nSPS) is 37.1. The van der Waals surface area contributed by atoms with Crippen molar-refractivity contribution in [3.63, 3.8) is 0 Å². The SMILES string of the molecule is CCC1CCC(O)(CNC2CCC3(CC2)OCCO3)CC1. The number of rotatable bonds is 4. The zero-order valence-electron chi connectivity index (χ0n) is 13.4. The summed E-state index contributed by atoms with van der Waals surface area (Å²) in [4.78, 5) is 0.